The molecule has 1 aromatic carbocycles. The first-order valence-electron chi connectivity index (χ1n) is 11.3. The minimum atomic E-state index is -0.239. The Labute approximate surface area is 201 Å². The van der Waals surface area contributed by atoms with Crippen LogP contribution < -0.4 is 5.32 Å². The van der Waals surface area contributed by atoms with E-state index in [0.717, 1.165) is 28.8 Å². The molecule has 0 spiro atoms. The summed E-state index contributed by atoms with van der Waals surface area (Å²) < 4.78 is 15.6. The lowest BCUT2D eigenvalue weighted by molar-refractivity contribution is -0.137. The molecule has 2 N–H and O–H groups in total. The number of carbonyl (C=O) groups is 2. The van der Waals surface area contributed by atoms with Gasteiger partial charge in [0.1, 0.15) is 12.3 Å². The van der Waals surface area contributed by atoms with Gasteiger partial charge in [-0.25, -0.2) is 4.98 Å². The highest BCUT2D eigenvalue weighted by atomic mass is 32.1. The minimum Gasteiger partial charge on any atom is -0.382 e. The first-order chi connectivity index (χ1) is 16.6. The van der Waals surface area contributed by atoms with Gasteiger partial charge in [-0.3, -0.25) is 14.7 Å². The van der Waals surface area contributed by atoms with E-state index in [-0.39, 0.29) is 24.3 Å². The van der Waals surface area contributed by atoms with Gasteiger partial charge < -0.3 is 24.4 Å². The summed E-state index contributed by atoms with van der Waals surface area (Å²) in [6.07, 6.45) is 3.37. The van der Waals surface area contributed by atoms with Gasteiger partial charge >= 0.3 is 0 Å². The van der Waals surface area contributed by atoms with Crippen LogP contribution in [0.2, 0.25) is 0 Å². The Balaban J connectivity index is 1.20. The van der Waals surface area contributed by atoms with E-state index < -0.39 is 0 Å². The minimum absolute atomic E-state index is 0.0104. The van der Waals surface area contributed by atoms with Crippen molar-refractivity contribution >= 4 is 39.7 Å². The Kier molecular flexibility index (Phi) is 8.58. The standard InChI is InChI=1S/C23H29N5O5S/c1-31-8-9-32-10-11-33-14-21(29)28-6-4-16(5-7-28)23-26-20(15-34-23)22(30)25-18-3-2-17-13-24-27-19(17)12-18/h2-3,12-13,15-16H,4-11,14H2,1H3,(H,24,27)(H,25,30). The Morgan fingerprint density at radius 2 is 1.97 bits per heavy atom. The molecule has 4 rings (SSSR count). The quantitative estimate of drug-likeness (QED) is 0.399. The second-order valence-corrected chi connectivity index (χ2v) is 8.90. The highest BCUT2D eigenvalue weighted by Crippen LogP contribution is 2.30. The molecule has 0 aliphatic carbocycles. The van der Waals surface area contributed by atoms with Crippen LogP contribution in [0.4, 0.5) is 5.69 Å². The third-order valence-electron chi connectivity index (χ3n) is 5.68. The molecule has 0 saturated carbocycles. The van der Waals surface area contributed by atoms with Crippen LogP contribution in [0.1, 0.15) is 34.3 Å². The molecule has 0 unspecified atom stereocenters. The summed E-state index contributed by atoms with van der Waals surface area (Å²) in [6, 6.07) is 5.59. The second kappa shape index (κ2) is 12.0. The molecule has 2 amide bonds. The van der Waals surface area contributed by atoms with Gasteiger partial charge in [-0.05, 0) is 31.0 Å². The number of hydrogen-bond donors (Lipinski definition) is 2. The first-order valence-corrected chi connectivity index (χ1v) is 12.1. The highest BCUT2D eigenvalue weighted by Gasteiger charge is 2.26. The molecule has 11 heteroatoms. The maximum absolute atomic E-state index is 12.7. The molecule has 10 nitrogen and oxygen atoms in total. The number of piperidine rings is 1. The molecule has 1 saturated heterocycles. The molecular formula is C23H29N5O5S. The third-order valence-corrected chi connectivity index (χ3v) is 6.69. The van der Waals surface area contributed by atoms with E-state index in [0.29, 0.717) is 50.9 Å². The number of H-pyrrole nitrogens is 1. The predicted molar refractivity (Wildman–Crippen MR) is 128 cm³/mol. The molecule has 1 fully saturated rings. The molecule has 3 aromatic rings. The summed E-state index contributed by atoms with van der Waals surface area (Å²) in [7, 11) is 1.62. The van der Waals surface area contributed by atoms with E-state index in [9.17, 15) is 9.59 Å². The van der Waals surface area contributed by atoms with Crippen molar-refractivity contribution < 1.29 is 23.8 Å². The fourth-order valence-corrected chi connectivity index (χ4v) is 4.75. The molecule has 3 heterocycles. The van der Waals surface area contributed by atoms with Gasteiger partial charge in [-0.2, -0.15) is 5.10 Å². The SMILES string of the molecule is COCCOCCOCC(=O)N1CCC(c2nc(C(=O)Nc3ccc4cn[nH]c4c3)cs2)CC1. The van der Waals surface area contributed by atoms with E-state index in [2.05, 4.69) is 20.5 Å². The van der Waals surface area contributed by atoms with Crippen LogP contribution in [0.3, 0.4) is 0 Å². The lowest BCUT2D eigenvalue weighted by atomic mass is 9.97. The Bertz CT molecular complexity index is 1090. The number of fused-ring (bicyclic) bond motifs is 1. The summed E-state index contributed by atoms with van der Waals surface area (Å²) in [5.74, 6) is -0.00634. The zero-order valence-corrected chi connectivity index (χ0v) is 19.9. The van der Waals surface area contributed by atoms with Crippen LogP contribution >= 0.6 is 11.3 Å². The van der Waals surface area contributed by atoms with Crippen LogP contribution in [0.5, 0.6) is 0 Å². The Morgan fingerprint density at radius 1 is 1.18 bits per heavy atom. The van der Waals surface area contributed by atoms with E-state index in [1.807, 2.05) is 23.1 Å². The maximum atomic E-state index is 12.7. The average Bonchev–Trinajstić information content (AvgIpc) is 3.53. The number of aromatic nitrogens is 3. The fraction of sp³-hybridized carbons (Fsp3) is 0.478. The molecule has 34 heavy (non-hydrogen) atoms. The van der Waals surface area contributed by atoms with Crippen LogP contribution in [0.15, 0.2) is 29.8 Å². The number of likely N-dealkylation sites (tertiary alicyclic amines) is 1. The van der Waals surface area contributed by atoms with E-state index in [1.54, 1.807) is 18.7 Å². The van der Waals surface area contributed by atoms with Crippen molar-refractivity contribution in [3.8, 4) is 0 Å². The average molecular weight is 488 g/mol. The molecule has 0 bridgehead atoms. The lowest BCUT2D eigenvalue weighted by Gasteiger charge is -2.31. The summed E-state index contributed by atoms with van der Waals surface area (Å²) in [5.41, 5.74) is 1.95. The van der Waals surface area contributed by atoms with Crippen molar-refractivity contribution in [2.24, 2.45) is 0 Å². The Hall–Kier alpha value is -2.86. The first kappa shape index (κ1) is 24.3. The van der Waals surface area contributed by atoms with E-state index in [4.69, 9.17) is 14.2 Å². The van der Waals surface area contributed by atoms with Gasteiger partial charge in [-0.15, -0.1) is 11.3 Å². The number of benzene rings is 1. The molecule has 182 valence electrons. The maximum Gasteiger partial charge on any atom is 0.275 e. The summed E-state index contributed by atoms with van der Waals surface area (Å²) in [6.45, 7) is 3.25. The number of thiazole rings is 1. The number of rotatable bonds is 11. The second-order valence-electron chi connectivity index (χ2n) is 8.01. The smallest absolute Gasteiger partial charge is 0.275 e. The monoisotopic (exact) mass is 487 g/mol. The number of amides is 2. The van der Waals surface area contributed by atoms with Crippen molar-refractivity contribution in [3.63, 3.8) is 0 Å². The van der Waals surface area contributed by atoms with Crippen molar-refractivity contribution in [1.82, 2.24) is 20.1 Å². The van der Waals surface area contributed by atoms with Gasteiger partial charge in [-0.1, -0.05) is 0 Å². The number of ether oxygens (including phenoxy) is 3. The van der Waals surface area contributed by atoms with Gasteiger partial charge in [0.05, 0.1) is 43.1 Å². The van der Waals surface area contributed by atoms with Crippen LogP contribution in [0, 0.1) is 0 Å². The van der Waals surface area contributed by atoms with Crippen LogP contribution in [-0.2, 0) is 19.0 Å². The molecule has 1 aliphatic heterocycles. The zero-order chi connectivity index (χ0) is 23.8. The number of carbonyl (C=O) groups excluding carboxylic acids is 2. The van der Waals surface area contributed by atoms with Crippen molar-refractivity contribution in [2.45, 2.75) is 18.8 Å². The van der Waals surface area contributed by atoms with E-state index in [1.165, 1.54) is 11.3 Å². The molecule has 0 atom stereocenters. The van der Waals surface area contributed by atoms with Gasteiger partial charge in [0.2, 0.25) is 5.91 Å². The lowest BCUT2D eigenvalue weighted by Crippen LogP contribution is -2.40. The number of hydrogen-bond acceptors (Lipinski definition) is 8. The topological polar surface area (TPSA) is 119 Å². The zero-order valence-electron chi connectivity index (χ0n) is 19.1. The van der Waals surface area contributed by atoms with Crippen molar-refractivity contribution in [1.29, 1.82) is 0 Å². The summed E-state index contributed by atoms with van der Waals surface area (Å²) in [4.78, 5) is 31.4. The molecule has 1 aliphatic rings. The number of methoxy groups -OCH3 is 1. The summed E-state index contributed by atoms with van der Waals surface area (Å²) >= 11 is 1.49. The van der Waals surface area contributed by atoms with Crippen molar-refractivity contribution in [2.75, 3.05) is 58.6 Å². The fourth-order valence-electron chi connectivity index (χ4n) is 3.78. The third kappa shape index (κ3) is 6.38. The van der Waals surface area contributed by atoms with Crippen LogP contribution in [0.25, 0.3) is 10.9 Å². The van der Waals surface area contributed by atoms with Crippen molar-refractivity contribution in [3.05, 3.63) is 40.5 Å². The molecular weight excluding hydrogens is 458 g/mol. The normalized spacial score (nSPS) is 14.6. The number of nitrogens with one attached hydrogen (secondary N) is 2. The predicted octanol–water partition coefficient (Wildman–Crippen LogP) is 2.66. The van der Waals surface area contributed by atoms with Gasteiger partial charge in [0.15, 0.2) is 0 Å². The number of anilines is 1. The van der Waals surface area contributed by atoms with Gasteiger partial charge in [0.25, 0.3) is 5.91 Å². The van der Waals surface area contributed by atoms with Crippen LogP contribution in [-0.4, -0.2) is 85.1 Å². The molecule has 2 aromatic heterocycles. The highest BCUT2D eigenvalue weighted by molar-refractivity contribution is 7.10. The number of aromatic amines is 1. The molecule has 0 radical (unpaired) electrons. The van der Waals surface area contributed by atoms with E-state index >= 15 is 0 Å². The largest absolute Gasteiger partial charge is 0.382 e. The summed E-state index contributed by atoms with van der Waals surface area (Å²) in [5, 5.41) is 13.5. The number of nitrogens with zero attached hydrogens (tertiary/aromatic N) is 3. The Morgan fingerprint density at radius 3 is 2.79 bits per heavy atom. The van der Waals surface area contributed by atoms with Gasteiger partial charge in [0, 0.05) is 42.6 Å².